The minimum absolute atomic E-state index is 0. The Morgan fingerprint density at radius 3 is 2.69 bits per heavy atom. The maximum Gasteiger partial charge on any atom is 0.188 e. The molecule has 0 amide bonds. The summed E-state index contributed by atoms with van der Waals surface area (Å²) >= 11 is 8.23. The molecule has 3 N–H and O–H groups in total. The second-order valence-electron chi connectivity index (χ2n) is 6.33. The van der Waals surface area contributed by atoms with Gasteiger partial charge in [-0.1, -0.05) is 35.9 Å². The van der Waals surface area contributed by atoms with Gasteiger partial charge < -0.3 is 15.8 Å². The van der Waals surface area contributed by atoms with Crippen LogP contribution in [-0.4, -0.2) is 32.3 Å². The highest BCUT2D eigenvalue weighted by molar-refractivity contribution is 14.0. The van der Waals surface area contributed by atoms with Crippen molar-refractivity contribution in [2.45, 2.75) is 24.7 Å². The molecule has 0 atom stereocenters. The number of nitrogens with zero attached hydrogens (tertiary/aromatic N) is 1. The lowest BCUT2D eigenvalue weighted by Crippen LogP contribution is -2.39. The van der Waals surface area contributed by atoms with Crippen molar-refractivity contribution in [3.05, 3.63) is 57.2 Å². The molecule has 1 aromatic heterocycles. The van der Waals surface area contributed by atoms with Gasteiger partial charge in [-0.05, 0) is 42.3 Å². The third kappa shape index (κ3) is 5.58. The van der Waals surface area contributed by atoms with Crippen molar-refractivity contribution >= 4 is 52.9 Å². The summed E-state index contributed by atoms with van der Waals surface area (Å²) in [7, 11) is 0. The maximum absolute atomic E-state index is 6.47. The molecular weight excluding hydrogens is 481 g/mol. The van der Waals surface area contributed by atoms with Gasteiger partial charge >= 0.3 is 0 Å². The summed E-state index contributed by atoms with van der Waals surface area (Å²) in [6, 6.07) is 12.2. The fourth-order valence-electron chi connectivity index (χ4n) is 3.23. The second kappa shape index (κ2) is 10.5. The van der Waals surface area contributed by atoms with Gasteiger partial charge in [0.2, 0.25) is 0 Å². The van der Waals surface area contributed by atoms with E-state index in [9.17, 15) is 0 Å². The number of aliphatic imine (C=N–C) groups is 1. The van der Waals surface area contributed by atoms with E-state index in [2.05, 4.69) is 33.9 Å². The smallest absolute Gasteiger partial charge is 0.188 e. The van der Waals surface area contributed by atoms with E-state index in [1.165, 1.54) is 4.88 Å². The molecule has 26 heavy (non-hydrogen) atoms. The molecular formula is C19H25ClIN3OS. The number of nitrogens with two attached hydrogens (primary N) is 1. The van der Waals surface area contributed by atoms with Gasteiger partial charge in [-0.15, -0.1) is 35.3 Å². The Bertz CT molecular complexity index is 703. The van der Waals surface area contributed by atoms with Crippen LogP contribution in [-0.2, 0) is 16.6 Å². The number of hydrogen-bond donors (Lipinski definition) is 2. The molecule has 0 radical (unpaired) electrons. The maximum atomic E-state index is 6.47. The number of benzene rings is 1. The number of ether oxygens (including phenoxy) is 1. The monoisotopic (exact) mass is 505 g/mol. The largest absolute Gasteiger partial charge is 0.381 e. The minimum atomic E-state index is -0.101. The highest BCUT2D eigenvalue weighted by Gasteiger charge is 2.35. The number of nitrogens with one attached hydrogen (secondary N) is 1. The molecule has 2 aromatic rings. The van der Waals surface area contributed by atoms with Gasteiger partial charge in [-0.2, -0.15) is 0 Å². The lowest BCUT2D eigenvalue weighted by atomic mass is 9.74. The van der Waals surface area contributed by atoms with E-state index in [1.807, 2.05) is 18.2 Å². The van der Waals surface area contributed by atoms with Crippen molar-refractivity contribution in [2.75, 3.05) is 26.3 Å². The zero-order chi connectivity index (χ0) is 17.5. The van der Waals surface area contributed by atoms with Gasteiger partial charge in [0.25, 0.3) is 0 Å². The number of rotatable bonds is 6. The fraction of sp³-hybridized carbons (Fsp3) is 0.421. The lowest BCUT2D eigenvalue weighted by molar-refractivity contribution is 0.0531. The highest BCUT2D eigenvalue weighted by atomic mass is 127. The summed E-state index contributed by atoms with van der Waals surface area (Å²) in [4.78, 5) is 5.97. The van der Waals surface area contributed by atoms with E-state index >= 15 is 0 Å². The van der Waals surface area contributed by atoms with E-state index in [1.54, 1.807) is 11.3 Å². The number of guanidine groups is 1. The summed E-state index contributed by atoms with van der Waals surface area (Å²) in [5.41, 5.74) is 7.13. The number of halogens is 2. The van der Waals surface area contributed by atoms with Crippen LogP contribution in [0, 0.1) is 0 Å². The molecule has 1 aromatic carbocycles. The Balaban J connectivity index is 0.00000243. The molecule has 1 aliphatic heterocycles. The molecule has 1 fully saturated rings. The molecule has 4 nitrogen and oxygen atoms in total. The summed E-state index contributed by atoms with van der Waals surface area (Å²) in [6.07, 6.45) is 2.77. The Morgan fingerprint density at radius 1 is 1.23 bits per heavy atom. The van der Waals surface area contributed by atoms with Gasteiger partial charge in [0.15, 0.2) is 5.96 Å². The Hall–Kier alpha value is -0.830. The summed E-state index contributed by atoms with van der Waals surface area (Å²) in [5.74, 6) is 0.495. The van der Waals surface area contributed by atoms with Crippen molar-refractivity contribution in [1.29, 1.82) is 0 Å². The Morgan fingerprint density at radius 2 is 2.00 bits per heavy atom. The Labute approximate surface area is 181 Å². The van der Waals surface area contributed by atoms with Crippen LogP contribution in [0.15, 0.2) is 46.8 Å². The lowest BCUT2D eigenvalue weighted by Gasteiger charge is -2.37. The van der Waals surface area contributed by atoms with Crippen LogP contribution < -0.4 is 11.1 Å². The van der Waals surface area contributed by atoms with E-state index in [4.69, 9.17) is 22.1 Å². The molecule has 1 saturated heterocycles. The molecule has 0 aliphatic carbocycles. The second-order valence-corrected chi connectivity index (χ2v) is 7.77. The third-order valence-electron chi connectivity index (χ3n) is 4.70. The van der Waals surface area contributed by atoms with Crippen LogP contribution in [0.4, 0.5) is 0 Å². The van der Waals surface area contributed by atoms with E-state index in [0.29, 0.717) is 12.5 Å². The highest BCUT2D eigenvalue weighted by Crippen LogP contribution is 2.38. The fourth-order valence-corrected chi connectivity index (χ4v) is 4.27. The van der Waals surface area contributed by atoms with E-state index in [0.717, 1.165) is 49.6 Å². The van der Waals surface area contributed by atoms with Gasteiger partial charge in [0.05, 0.1) is 6.54 Å². The molecule has 0 bridgehead atoms. The van der Waals surface area contributed by atoms with Crippen LogP contribution in [0.3, 0.4) is 0 Å². The molecule has 0 saturated carbocycles. The average molecular weight is 506 g/mol. The minimum Gasteiger partial charge on any atom is -0.381 e. The van der Waals surface area contributed by atoms with Gasteiger partial charge in [0, 0.05) is 35.1 Å². The summed E-state index contributed by atoms with van der Waals surface area (Å²) in [6.45, 7) is 2.87. The molecule has 0 unspecified atom stereocenters. The predicted octanol–water partition coefficient (Wildman–Crippen LogP) is 4.21. The van der Waals surface area contributed by atoms with Crippen molar-refractivity contribution in [2.24, 2.45) is 10.7 Å². The SMILES string of the molecule is I.NC(=NCC1(c2ccccc2Cl)CCOCC1)NCCc1cccs1. The summed E-state index contributed by atoms with van der Waals surface area (Å²) < 4.78 is 5.56. The number of hydrogen-bond acceptors (Lipinski definition) is 3. The topological polar surface area (TPSA) is 59.6 Å². The van der Waals surface area contributed by atoms with Crippen LogP contribution >= 0.6 is 46.9 Å². The van der Waals surface area contributed by atoms with Gasteiger partial charge in [0.1, 0.15) is 0 Å². The van der Waals surface area contributed by atoms with Crippen LogP contribution in [0.5, 0.6) is 0 Å². The zero-order valence-corrected chi connectivity index (χ0v) is 18.5. The number of thiophene rings is 1. The molecule has 2 heterocycles. The first-order chi connectivity index (χ1) is 12.2. The first kappa shape index (κ1) is 21.5. The van der Waals surface area contributed by atoms with E-state index in [-0.39, 0.29) is 29.4 Å². The molecule has 3 rings (SSSR count). The quantitative estimate of drug-likeness (QED) is 0.351. The molecule has 1 aliphatic rings. The van der Waals surface area contributed by atoms with Crippen LogP contribution in [0.25, 0.3) is 0 Å². The normalized spacial score (nSPS) is 16.7. The standard InChI is InChI=1S/C19H24ClN3OS.HI/c20-17-6-2-1-5-16(17)19(8-11-24-12-9-19)14-23-18(21)22-10-7-15-4-3-13-25-15;/h1-6,13H,7-12,14H2,(H3,21,22,23);1H. The van der Waals surface area contributed by atoms with Crippen molar-refractivity contribution in [3.63, 3.8) is 0 Å². The van der Waals surface area contributed by atoms with Crippen molar-refractivity contribution < 1.29 is 4.74 Å². The zero-order valence-electron chi connectivity index (χ0n) is 14.6. The van der Waals surface area contributed by atoms with Crippen LogP contribution in [0.1, 0.15) is 23.3 Å². The van der Waals surface area contributed by atoms with Crippen molar-refractivity contribution in [1.82, 2.24) is 5.32 Å². The molecule has 7 heteroatoms. The third-order valence-corrected chi connectivity index (χ3v) is 5.97. The predicted molar refractivity (Wildman–Crippen MR) is 121 cm³/mol. The molecule has 0 spiro atoms. The van der Waals surface area contributed by atoms with Crippen molar-refractivity contribution in [3.8, 4) is 0 Å². The summed E-state index contributed by atoms with van der Waals surface area (Å²) in [5, 5.41) is 6.10. The first-order valence-electron chi connectivity index (χ1n) is 8.59. The Kier molecular flexibility index (Phi) is 8.66. The van der Waals surface area contributed by atoms with Gasteiger partial charge in [-0.3, -0.25) is 4.99 Å². The van der Waals surface area contributed by atoms with E-state index < -0.39 is 0 Å². The average Bonchev–Trinajstić information content (AvgIpc) is 3.15. The first-order valence-corrected chi connectivity index (χ1v) is 9.84. The van der Waals surface area contributed by atoms with Crippen LogP contribution in [0.2, 0.25) is 5.02 Å². The van der Waals surface area contributed by atoms with Gasteiger partial charge in [-0.25, -0.2) is 0 Å². The molecule has 142 valence electrons.